The molecule has 0 saturated carbocycles. The van der Waals surface area contributed by atoms with Crippen molar-refractivity contribution in [1.82, 2.24) is 10.2 Å². The highest BCUT2D eigenvalue weighted by atomic mass is 35.5. The van der Waals surface area contributed by atoms with E-state index >= 15 is 0 Å². The van der Waals surface area contributed by atoms with E-state index in [9.17, 15) is 22.4 Å². The van der Waals surface area contributed by atoms with Crippen molar-refractivity contribution in [2.24, 2.45) is 0 Å². The summed E-state index contributed by atoms with van der Waals surface area (Å²) in [5, 5.41) is 3.04. The van der Waals surface area contributed by atoms with Crippen molar-refractivity contribution in [3.8, 4) is 0 Å². The minimum Gasteiger partial charge on any atom is -0.354 e. The lowest BCUT2D eigenvalue weighted by Crippen LogP contribution is -2.52. The van der Waals surface area contributed by atoms with Gasteiger partial charge in [0.2, 0.25) is 21.8 Å². The fourth-order valence-corrected chi connectivity index (χ4v) is 4.47. The van der Waals surface area contributed by atoms with Gasteiger partial charge in [0, 0.05) is 18.1 Å². The second-order valence-corrected chi connectivity index (χ2v) is 10.5. The van der Waals surface area contributed by atoms with E-state index in [0.29, 0.717) is 18.0 Å². The molecule has 2 rings (SSSR count). The number of carbonyl (C=O) groups is 2. The van der Waals surface area contributed by atoms with Gasteiger partial charge in [-0.25, -0.2) is 12.8 Å². The second kappa shape index (κ2) is 12.4. The Labute approximate surface area is 209 Å². The van der Waals surface area contributed by atoms with Gasteiger partial charge in [0.1, 0.15) is 18.4 Å². The third kappa shape index (κ3) is 7.58. The lowest BCUT2D eigenvalue weighted by molar-refractivity contribution is -0.140. The maximum atomic E-state index is 13.6. The predicted octanol–water partition coefficient (Wildman–Crippen LogP) is 4.23. The zero-order chi connectivity index (χ0) is 25.5. The average molecular weight is 532 g/mol. The fourth-order valence-electron chi connectivity index (χ4n) is 3.33. The van der Waals surface area contributed by atoms with E-state index in [4.69, 9.17) is 23.2 Å². The van der Waals surface area contributed by atoms with Gasteiger partial charge in [-0.15, -0.1) is 0 Å². The van der Waals surface area contributed by atoms with Gasteiger partial charge in [0.25, 0.3) is 0 Å². The van der Waals surface area contributed by atoms with Crippen LogP contribution in [0.5, 0.6) is 0 Å². The Hall–Kier alpha value is -2.36. The minimum absolute atomic E-state index is 0.0391. The van der Waals surface area contributed by atoms with E-state index in [1.165, 1.54) is 11.0 Å². The SMILES string of the molecule is CCCNC(=O)[C@H](CC)N(Cc1ccc(Cl)cc1)C(=O)CN(c1ccc(F)c(Cl)c1)S(C)(=O)=O. The van der Waals surface area contributed by atoms with Crippen LogP contribution >= 0.6 is 23.2 Å². The molecule has 0 fully saturated rings. The Morgan fingerprint density at radius 2 is 1.74 bits per heavy atom. The van der Waals surface area contributed by atoms with Crippen LogP contribution in [-0.2, 0) is 26.2 Å². The summed E-state index contributed by atoms with van der Waals surface area (Å²) in [5.41, 5.74) is 0.757. The van der Waals surface area contributed by atoms with E-state index in [1.54, 1.807) is 31.2 Å². The first-order chi connectivity index (χ1) is 16.0. The van der Waals surface area contributed by atoms with E-state index in [0.717, 1.165) is 34.7 Å². The van der Waals surface area contributed by atoms with Crippen molar-refractivity contribution in [3.63, 3.8) is 0 Å². The standard InChI is InChI=1S/C23H28Cl2FN3O4S/c1-4-12-27-23(31)21(5-2)28(14-16-6-8-17(24)9-7-16)22(30)15-29(34(3,32)33)18-10-11-20(26)19(25)13-18/h6-11,13,21H,4-5,12,14-15H2,1-3H3,(H,27,31)/t21-/m0/s1. The van der Waals surface area contributed by atoms with Crippen LogP contribution in [0.4, 0.5) is 10.1 Å². The number of halogens is 3. The molecule has 0 spiro atoms. The van der Waals surface area contributed by atoms with E-state index in [2.05, 4.69) is 5.32 Å². The molecule has 7 nitrogen and oxygen atoms in total. The molecule has 0 aliphatic carbocycles. The number of rotatable bonds is 11. The number of anilines is 1. The summed E-state index contributed by atoms with van der Waals surface area (Å²) in [5.74, 6) is -1.64. The third-order valence-corrected chi connectivity index (χ3v) is 6.75. The van der Waals surface area contributed by atoms with Crippen LogP contribution in [0.1, 0.15) is 32.3 Å². The summed E-state index contributed by atoms with van der Waals surface area (Å²) >= 11 is 11.8. The molecule has 0 aliphatic rings. The first-order valence-electron chi connectivity index (χ1n) is 10.7. The summed E-state index contributed by atoms with van der Waals surface area (Å²) < 4.78 is 39.5. The molecular weight excluding hydrogens is 504 g/mol. The maximum absolute atomic E-state index is 13.6. The molecule has 0 aromatic heterocycles. The van der Waals surface area contributed by atoms with E-state index in [1.807, 2.05) is 6.92 Å². The smallest absolute Gasteiger partial charge is 0.244 e. The van der Waals surface area contributed by atoms with Crippen LogP contribution in [0, 0.1) is 5.82 Å². The molecule has 2 amide bonds. The highest BCUT2D eigenvalue weighted by Crippen LogP contribution is 2.25. The van der Waals surface area contributed by atoms with Crippen LogP contribution < -0.4 is 9.62 Å². The topological polar surface area (TPSA) is 86.8 Å². The number of nitrogens with one attached hydrogen (secondary N) is 1. The Kier molecular flexibility index (Phi) is 10.1. The van der Waals surface area contributed by atoms with Crippen LogP contribution in [0.2, 0.25) is 10.0 Å². The molecule has 0 saturated heterocycles. The fraction of sp³-hybridized carbons (Fsp3) is 0.391. The quantitative estimate of drug-likeness (QED) is 0.469. The molecule has 0 unspecified atom stereocenters. The molecular formula is C23H28Cl2FN3O4S. The number of benzene rings is 2. The summed E-state index contributed by atoms with van der Waals surface area (Å²) in [6.45, 7) is 3.60. The van der Waals surface area contributed by atoms with Crippen LogP contribution in [0.25, 0.3) is 0 Å². The maximum Gasteiger partial charge on any atom is 0.244 e. The molecule has 0 bridgehead atoms. The highest BCUT2D eigenvalue weighted by Gasteiger charge is 2.31. The van der Waals surface area contributed by atoms with Crippen molar-refractivity contribution in [3.05, 3.63) is 63.9 Å². The van der Waals surface area contributed by atoms with Crippen LogP contribution in [0.3, 0.4) is 0 Å². The molecule has 0 radical (unpaired) electrons. The number of nitrogens with zero attached hydrogens (tertiary/aromatic N) is 2. The monoisotopic (exact) mass is 531 g/mol. The lowest BCUT2D eigenvalue weighted by Gasteiger charge is -2.33. The molecule has 1 N–H and O–H groups in total. The van der Waals surface area contributed by atoms with Gasteiger partial charge in [0.15, 0.2) is 0 Å². The average Bonchev–Trinajstić information content (AvgIpc) is 2.78. The van der Waals surface area contributed by atoms with Gasteiger partial charge in [-0.05, 0) is 48.7 Å². The molecule has 1 atom stereocenters. The molecule has 0 aliphatic heterocycles. The van der Waals surface area contributed by atoms with E-state index in [-0.39, 0.29) is 23.2 Å². The number of amides is 2. The number of carbonyl (C=O) groups excluding carboxylic acids is 2. The van der Waals surface area contributed by atoms with Gasteiger partial charge in [-0.2, -0.15) is 0 Å². The highest BCUT2D eigenvalue weighted by molar-refractivity contribution is 7.92. The Morgan fingerprint density at radius 3 is 2.26 bits per heavy atom. The Bertz CT molecular complexity index is 1110. The van der Waals surface area contributed by atoms with Crippen molar-refractivity contribution in [2.45, 2.75) is 39.3 Å². The Balaban J connectivity index is 2.43. The molecule has 11 heteroatoms. The molecule has 186 valence electrons. The lowest BCUT2D eigenvalue weighted by atomic mass is 10.1. The summed E-state index contributed by atoms with van der Waals surface area (Å²) in [6, 6.07) is 9.36. The first kappa shape index (κ1) is 27.9. The number of hydrogen-bond donors (Lipinski definition) is 1. The predicted molar refractivity (Wildman–Crippen MR) is 133 cm³/mol. The number of sulfonamides is 1. The zero-order valence-corrected chi connectivity index (χ0v) is 21.6. The molecule has 2 aromatic rings. The van der Waals surface area contributed by atoms with Gasteiger partial charge >= 0.3 is 0 Å². The molecule has 34 heavy (non-hydrogen) atoms. The summed E-state index contributed by atoms with van der Waals surface area (Å²) in [6.07, 6.45) is 1.98. The van der Waals surface area contributed by atoms with Crippen molar-refractivity contribution < 1.29 is 22.4 Å². The van der Waals surface area contributed by atoms with E-state index < -0.39 is 34.3 Å². The molecule has 2 aromatic carbocycles. The van der Waals surface area contributed by atoms with Gasteiger partial charge in [0.05, 0.1) is 17.0 Å². The van der Waals surface area contributed by atoms with Crippen LogP contribution in [-0.4, -0.2) is 50.5 Å². The summed E-state index contributed by atoms with van der Waals surface area (Å²) in [4.78, 5) is 27.7. The zero-order valence-electron chi connectivity index (χ0n) is 19.2. The Morgan fingerprint density at radius 1 is 1.09 bits per heavy atom. The first-order valence-corrected chi connectivity index (χ1v) is 13.3. The third-order valence-electron chi connectivity index (χ3n) is 5.07. The van der Waals surface area contributed by atoms with Crippen molar-refractivity contribution >= 4 is 50.7 Å². The van der Waals surface area contributed by atoms with Crippen molar-refractivity contribution in [2.75, 3.05) is 23.7 Å². The normalized spacial score (nSPS) is 12.2. The van der Waals surface area contributed by atoms with Gasteiger partial charge in [-0.3, -0.25) is 13.9 Å². The summed E-state index contributed by atoms with van der Waals surface area (Å²) in [7, 11) is -3.93. The second-order valence-electron chi connectivity index (χ2n) is 7.73. The number of hydrogen-bond acceptors (Lipinski definition) is 4. The van der Waals surface area contributed by atoms with Crippen LogP contribution in [0.15, 0.2) is 42.5 Å². The minimum atomic E-state index is -3.93. The van der Waals surface area contributed by atoms with Gasteiger partial charge in [-0.1, -0.05) is 49.2 Å². The largest absolute Gasteiger partial charge is 0.354 e. The molecule has 0 heterocycles. The van der Waals surface area contributed by atoms with Crippen molar-refractivity contribution in [1.29, 1.82) is 0 Å². The van der Waals surface area contributed by atoms with Gasteiger partial charge < -0.3 is 10.2 Å².